The van der Waals surface area contributed by atoms with Crippen molar-refractivity contribution < 1.29 is 14.3 Å². The Morgan fingerprint density at radius 1 is 1.46 bits per heavy atom. The molecule has 7 heteroatoms. The van der Waals surface area contributed by atoms with E-state index in [4.69, 9.17) is 21.1 Å². The highest BCUT2D eigenvalue weighted by atomic mass is 35.5. The van der Waals surface area contributed by atoms with Crippen LogP contribution in [-0.4, -0.2) is 47.4 Å². The summed E-state index contributed by atoms with van der Waals surface area (Å²) < 4.78 is 13.0. The smallest absolute Gasteiger partial charge is 0.257 e. The van der Waals surface area contributed by atoms with E-state index in [0.29, 0.717) is 36.0 Å². The Hall–Kier alpha value is -2.05. The third-order valence-corrected chi connectivity index (χ3v) is 4.51. The summed E-state index contributed by atoms with van der Waals surface area (Å²) in [6.45, 7) is 3.42. The van der Waals surface area contributed by atoms with Gasteiger partial charge < -0.3 is 14.4 Å². The normalized spacial score (nSPS) is 20.9. The second kappa shape index (κ2) is 6.45. The zero-order valence-corrected chi connectivity index (χ0v) is 14.7. The number of hydrogen-bond donors (Lipinski definition) is 0. The number of amides is 1. The van der Waals surface area contributed by atoms with Crippen LogP contribution in [0.25, 0.3) is 0 Å². The zero-order valence-electron chi connectivity index (χ0n) is 14.0. The van der Waals surface area contributed by atoms with Crippen molar-refractivity contribution in [1.82, 2.24) is 14.7 Å². The van der Waals surface area contributed by atoms with Gasteiger partial charge in [0.1, 0.15) is 11.4 Å². The molecule has 1 atom stereocenters. The average Bonchev–Trinajstić information content (AvgIpc) is 3.01. The summed E-state index contributed by atoms with van der Waals surface area (Å²) in [7, 11) is 3.39. The monoisotopic (exact) mass is 349 g/mol. The number of halogens is 1. The summed E-state index contributed by atoms with van der Waals surface area (Å²) in [4.78, 5) is 14.7. The Morgan fingerprint density at radius 2 is 2.25 bits per heavy atom. The van der Waals surface area contributed by atoms with E-state index in [2.05, 4.69) is 5.10 Å². The first-order valence-corrected chi connectivity index (χ1v) is 8.06. The number of hydrogen-bond acceptors (Lipinski definition) is 4. The lowest BCUT2D eigenvalue weighted by Crippen LogP contribution is -2.50. The predicted molar refractivity (Wildman–Crippen MR) is 90.4 cm³/mol. The van der Waals surface area contributed by atoms with Gasteiger partial charge in [-0.15, -0.1) is 0 Å². The number of rotatable bonds is 3. The van der Waals surface area contributed by atoms with Crippen LogP contribution in [0.3, 0.4) is 0 Å². The van der Waals surface area contributed by atoms with Crippen molar-refractivity contribution in [2.75, 3.05) is 26.8 Å². The number of morpholine rings is 1. The average molecular weight is 350 g/mol. The Kier molecular flexibility index (Phi) is 4.51. The number of methoxy groups -OCH3 is 1. The minimum absolute atomic E-state index is 0.0954. The molecule has 0 N–H and O–H groups in total. The van der Waals surface area contributed by atoms with Crippen molar-refractivity contribution in [3.63, 3.8) is 0 Å². The number of benzene rings is 1. The molecule has 0 bridgehead atoms. The molecule has 128 valence electrons. The molecule has 3 rings (SSSR count). The Morgan fingerprint density at radius 3 is 2.92 bits per heavy atom. The summed E-state index contributed by atoms with van der Waals surface area (Å²) >= 11 is 5.98. The third kappa shape index (κ3) is 3.12. The molecular weight excluding hydrogens is 330 g/mol. The molecule has 1 amide bonds. The fourth-order valence-electron chi connectivity index (χ4n) is 2.92. The quantitative estimate of drug-likeness (QED) is 0.854. The summed E-state index contributed by atoms with van der Waals surface area (Å²) in [5.74, 6) is 0.379. The fraction of sp³-hybridized carbons (Fsp3) is 0.412. The van der Waals surface area contributed by atoms with Gasteiger partial charge in [-0.2, -0.15) is 5.10 Å². The second-order valence-corrected chi connectivity index (χ2v) is 6.49. The van der Waals surface area contributed by atoms with E-state index in [-0.39, 0.29) is 5.91 Å². The maximum absolute atomic E-state index is 12.9. The molecule has 1 aliphatic rings. The first kappa shape index (κ1) is 16.8. The summed E-state index contributed by atoms with van der Waals surface area (Å²) in [6, 6.07) is 5.04. The van der Waals surface area contributed by atoms with Gasteiger partial charge in [0.05, 0.1) is 32.0 Å². The van der Waals surface area contributed by atoms with Crippen molar-refractivity contribution in [2.24, 2.45) is 7.05 Å². The molecule has 1 fully saturated rings. The Bertz CT molecular complexity index is 761. The minimum Gasteiger partial charge on any atom is -0.496 e. The van der Waals surface area contributed by atoms with Crippen molar-refractivity contribution in [1.29, 1.82) is 0 Å². The molecule has 0 spiro atoms. The molecule has 1 saturated heterocycles. The zero-order chi connectivity index (χ0) is 17.3. The second-order valence-electron chi connectivity index (χ2n) is 6.05. The van der Waals surface area contributed by atoms with Crippen LogP contribution >= 0.6 is 11.6 Å². The standard InChI is InChI=1S/C17H20ClN3O3/c1-17(12-9-19-20(2)10-12)11-21(6-7-24-17)16(22)14-5-4-13(18)8-15(14)23-3/h4-5,8-10H,6-7,11H2,1-3H3. The molecule has 2 aromatic rings. The van der Waals surface area contributed by atoms with E-state index in [9.17, 15) is 4.79 Å². The lowest BCUT2D eigenvalue weighted by Gasteiger charge is -2.40. The SMILES string of the molecule is COc1cc(Cl)ccc1C(=O)N1CCOC(C)(c2cnn(C)c2)C1. The first-order chi connectivity index (χ1) is 11.4. The first-order valence-electron chi connectivity index (χ1n) is 7.69. The van der Waals surface area contributed by atoms with E-state index in [0.717, 1.165) is 5.56 Å². The van der Waals surface area contributed by atoms with E-state index >= 15 is 0 Å². The van der Waals surface area contributed by atoms with E-state index in [1.807, 2.05) is 20.2 Å². The number of ether oxygens (including phenoxy) is 2. The van der Waals surface area contributed by atoms with Crippen LogP contribution in [0.15, 0.2) is 30.6 Å². The van der Waals surface area contributed by atoms with Gasteiger partial charge in [-0.3, -0.25) is 9.48 Å². The molecule has 0 saturated carbocycles. The molecule has 6 nitrogen and oxygen atoms in total. The van der Waals surface area contributed by atoms with Crippen LogP contribution in [0, 0.1) is 0 Å². The Balaban J connectivity index is 1.86. The van der Waals surface area contributed by atoms with E-state index in [1.54, 1.807) is 34.0 Å². The molecule has 0 radical (unpaired) electrons. The molecule has 1 aliphatic heterocycles. The lowest BCUT2D eigenvalue weighted by molar-refractivity contribution is -0.0931. The molecule has 1 aromatic carbocycles. The molecule has 2 heterocycles. The van der Waals surface area contributed by atoms with Gasteiger partial charge in [0.2, 0.25) is 0 Å². The van der Waals surface area contributed by atoms with Crippen LogP contribution < -0.4 is 4.74 Å². The van der Waals surface area contributed by atoms with Crippen LogP contribution in [0.2, 0.25) is 5.02 Å². The largest absolute Gasteiger partial charge is 0.496 e. The number of aryl methyl sites for hydroxylation is 1. The molecular formula is C17H20ClN3O3. The van der Waals surface area contributed by atoms with E-state index < -0.39 is 5.60 Å². The molecule has 1 unspecified atom stereocenters. The predicted octanol–water partition coefficient (Wildman–Crippen LogP) is 2.47. The number of carbonyl (C=O) groups is 1. The summed E-state index contributed by atoms with van der Waals surface area (Å²) in [5, 5.41) is 4.73. The minimum atomic E-state index is -0.582. The lowest BCUT2D eigenvalue weighted by atomic mass is 9.96. The van der Waals surface area contributed by atoms with Crippen LogP contribution in [-0.2, 0) is 17.4 Å². The summed E-state index contributed by atoms with van der Waals surface area (Å²) in [5.41, 5.74) is 0.866. The van der Waals surface area contributed by atoms with Gasteiger partial charge in [-0.1, -0.05) is 11.6 Å². The van der Waals surface area contributed by atoms with Crippen molar-refractivity contribution in [3.8, 4) is 5.75 Å². The highest BCUT2D eigenvalue weighted by Crippen LogP contribution is 2.31. The van der Waals surface area contributed by atoms with Crippen molar-refractivity contribution in [2.45, 2.75) is 12.5 Å². The Labute approximate surface area is 145 Å². The number of aromatic nitrogens is 2. The van der Waals surface area contributed by atoms with Crippen molar-refractivity contribution >= 4 is 17.5 Å². The number of carbonyl (C=O) groups excluding carboxylic acids is 1. The third-order valence-electron chi connectivity index (χ3n) is 4.27. The van der Waals surface area contributed by atoms with Gasteiger partial charge in [-0.25, -0.2) is 0 Å². The van der Waals surface area contributed by atoms with Crippen molar-refractivity contribution in [3.05, 3.63) is 46.7 Å². The maximum atomic E-state index is 12.9. The highest BCUT2D eigenvalue weighted by Gasteiger charge is 2.37. The molecule has 1 aromatic heterocycles. The van der Waals surface area contributed by atoms with Crippen LogP contribution in [0.1, 0.15) is 22.8 Å². The number of nitrogens with zero attached hydrogens (tertiary/aromatic N) is 3. The van der Waals surface area contributed by atoms with Gasteiger partial charge in [0.15, 0.2) is 0 Å². The topological polar surface area (TPSA) is 56.6 Å². The highest BCUT2D eigenvalue weighted by molar-refractivity contribution is 6.30. The maximum Gasteiger partial charge on any atom is 0.257 e. The fourth-order valence-corrected chi connectivity index (χ4v) is 3.09. The van der Waals surface area contributed by atoms with E-state index in [1.165, 1.54) is 7.11 Å². The molecule has 0 aliphatic carbocycles. The van der Waals surface area contributed by atoms with Gasteiger partial charge in [-0.05, 0) is 25.1 Å². The summed E-state index contributed by atoms with van der Waals surface area (Å²) in [6.07, 6.45) is 3.69. The van der Waals surface area contributed by atoms with Crippen LogP contribution in [0.5, 0.6) is 5.75 Å². The van der Waals surface area contributed by atoms with Gasteiger partial charge in [0, 0.05) is 30.4 Å². The van der Waals surface area contributed by atoms with Gasteiger partial charge in [0.25, 0.3) is 5.91 Å². The van der Waals surface area contributed by atoms with Gasteiger partial charge >= 0.3 is 0 Å². The van der Waals surface area contributed by atoms with Crippen LogP contribution in [0.4, 0.5) is 0 Å². The molecule has 24 heavy (non-hydrogen) atoms.